The Morgan fingerprint density at radius 2 is 2.10 bits per heavy atom. The van der Waals surface area contributed by atoms with Gasteiger partial charge >= 0.3 is 0 Å². The number of fused-ring (bicyclic) bond motifs is 1. The number of carbonyl (C=O) groups excluding carboxylic acids is 3. The van der Waals surface area contributed by atoms with Gasteiger partial charge in [-0.05, 0) is 44.0 Å². The van der Waals surface area contributed by atoms with Crippen LogP contribution in [0.2, 0.25) is 0 Å². The Balaban J connectivity index is 1.65. The molecule has 4 rings (SSSR count). The lowest BCUT2D eigenvalue weighted by molar-refractivity contribution is -0.124. The summed E-state index contributed by atoms with van der Waals surface area (Å²) in [6.07, 6.45) is 1.71. The number of nitrogens with one attached hydrogen (secondary N) is 2. The molecule has 3 N–H and O–H groups in total. The number of rotatable bonds is 6. The number of anilines is 1. The van der Waals surface area contributed by atoms with Crippen LogP contribution < -0.4 is 10.6 Å². The Morgan fingerprint density at radius 1 is 1.32 bits per heavy atom. The van der Waals surface area contributed by atoms with Crippen LogP contribution in [0.15, 0.2) is 24.3 Å². The van der Waals surface area contributed by atoms with Crippen LogP contribution in [-0.4, -0.2) is 57.3 Å². The molecule has 1 aromatic heterocycles. The van der Waals surface area contributed by atoms with E-state index in [1.807, 2.05) is 6.92 Å². The molecule has 31 heavy (non-hydrogen) atoms. The van der Waals surface area contributed by atoms with Crippen molar-refractivity contribution in [2.24, 2.45) is 5.92 Å². The number of amides is 3. The number of carbonyl (C=O) groups is 3. The Kier molecular flexibility index (Phi) is 5.44. The summed E-state index contributed by atoms with van der Waals surface area (Å²) in [5.74, 6) is -0.949. The monoisotopic (exact) mass is 422 g/mol. The molecule has 2 heterocycles. The first-order chi connectivity index (χ1) is 14.9. The molecule has 3 amide bonds. The standard InChI is InChI=1S/C21H22N6O4/c1-12-9-26(11-23-19(29)10-28)21(31)18-7-17(25-27(12)18)15-5-2-13(8-22)6-16(15)24-20(30)14-3-4-14/h2,5-7,12,14,28H,3-4,9-11H2,1H3,(H,23,29)(H,24,30)/t12-/m0/s1. The van der Waals surface area contributed by atoms with Crippen LogP contribution in [0.4, 0.5) is 5.69 Å². The molecule has 160 valence electrons. The molecule has 10 heteroatoms. The number of hydrogen-bond acceptors (Lipinski definition) is 6. The van der Waals surface area contributed by atoms with Crippen molar-refractivity contribution in [1.82, 2.24) is 20.0 Å². The zero-order valence-corrected chi connectivity index (χ0v) is 17.0. The van der Waals surface area contributed by atoms with Crippen LogP contribution in [-0.2, 0) is 9.59 Å². The average Bonchev–Trinajstić information content (AvgIpc) is 3.53. The highest BCUT2D eigenvalue weighted by Gasteiger charge is 2.32. The lowest BCUT2D eigenvalue weighted by Gasteiger charge is -2.31. The van der Waals surface area contributed by atoms with Crippen molar-refractivity contribution >= 4 is 23.4 Å². The summed E-state index contributed by atoms with van der Waals surface area (Å²) in [7, 11) is 0. The summed E-state index contributed by atoms with van der Waals surface area (Å²) >= 11 is 0. The highest BCUT2D eigenvalue weighted by Crippen LogP contribution is 2.34. The van der Waals surface area contributed by atoms with Gasteiger partial charge in [-0.25, -0.2) is 0 Å². The second kappa shape index (κ2) is 8.20. The van der Waals surface area contributed by atoms with E-state index in [9.17, 15) is 19.6 Å². The number of nitriles is 1. The molecule has 2 aliphatic rings. The summed E-state index contributed by atoms with van der Waals surface area (Å²) in [5.41, 5.74) is 2.38. The first kappa shape index (κ1) is 20.6. The molecule has 0 radical (unpaired) electrons. The summed E-state index contributed by atoms with van der Waals surface area (Å²) in [6.45, 7) is 1.59. The minimum Gasteiger partial charge on any atom is -0.387 e. The first-order valence-electron chi connectivity index (χ1n) is 10.0. The summed E-state index contributed by atoms with van der Waals surface area (Å²) in [4.78, 5) is 38.0. The molecular formula is C21H22N6O4. The summed E-state index contributed by atoms with van der Waals surface area (Å²) in [5, 5.41) is 28.1. The molecular weight excluding hydrogens is 400 g/mol. The van der Waals surface area contributed by atoms with Gasteiger partial charge < -0.3 is 20.6 Å². The molecule has 1 aromatic carbocycles. The number of aromatic nitrogens is 2. The Hall–Kier alpha value is -3.71. The van der Waals surface area contributed by atoms with E-state index in [2.05, 4.69) is 21.8 Å². The average molecular weight is 422 g/mol. The molecule has 10 nitrogen and oxygen atoms in total. The Labute approximate surface area is 178 Å². The van der Waals surface area contributed by atoms with Crippen molar-refractivity contribution in [3.8, 4) is 17.3 Å². The second-order valence-electron chi connectivity index (χ2n) is 7.79. The number of aliphatic hydroxyl groups is 1. The molecule has 1 atom stereocenters. The zero-order chi connectivity index (χ0) is 22.1. The van der Waals surface area contributed by atoms with E-state index in [0.29, 0.717) is 34.7 Å². The Morgan fingerprint density at radius 3 is 2.77 bits per heavy atom. The van der Waals surface area contributed by atoms with E-state index in [4.69, 9.17) is 5.11 Å². The molecule has 1 aliphatic carbocycles. The minimum atomic E-state index is -0.645. The fourth-order valence-corrected chi connectivity index (χ4v) is 3.56. The second-order valence-corrected chi connectivity index (χ2v) is 7.79. The van der Waals surface area contributed by atoms with Gasteiger partial charge in [0.1, 0.15) is 12.3 Å². The van der Waals surface area contributed by atoms with Gasteiger partial charge in [-0.15, -0.1) is 0 Å². The third kappa shape index (κ3) is 4.13. The maximum absolute atomic E-state index is 12.9. The minimum absolute atomic E-state index is 0.00177. The lowest BCUT2D eigenvalue weighted by Crippen LogP contribution is -2.48. The van der Waals surface area contributed by atoms with Crippen molar-refractivity contribution in [3.05, 3.63) is 35.5 Å². The molecule has 1 fully saturated rings. The van der Waals surface area contributed by atoms with E-state index in [0.717, 1.165) is 12.8 Å². The number of aliphatic hydroxyl groups excluding tert-OH is 1. The SMILES string of the molecule is C[C@H]1CN(CNC(=O)CO)C(=O)c2cc(-c3ccc(C#N)cc3NC(=O)C3CC3)nn21. The molecule has 0 unspecified atom stereocenters. The molecule has 2 aromatic rings. The van der Waals surface area contributed by atoms with Crippen molar-refractivity contribution in [2.45, 2.75) is 25.8 Å². The predicted octanol–water partition coefficient (Wildman–Crippen LogP) is 0.853. The normalized spacial score (nSPS) is 17.6. The van der Waals surface area contributed by atoms with Crippen molar-refractivity contribution < 1.29 is 19.5 Å². The quantitative estimate of drug-likeness (QED) is 0.630. The third-order valence-corrected chi connectivity index (χ3v) is 5.39. The van der Waals surface area contributed by atoms with Crippen molar-refractivity contribution in [1.29, 1.82) is 5.26 Å². The number of hydrogen-bond donors (Lipinski definition) is 3. The van der Waals surface area contributed by atoms with E-state index in [1.54, 1.807) is 28.9 Å². The molecule has 0 saturated heterocycles. The van der Waals surface area contributed by atoms with Gasteiger partial charge in [-0.1, -0.05) is 0 Å². The zero-order valence-electron chi connectivity index (χ0n) is 17.0. The van der Waals surface area contributed by atoms with E-state index in [-0.39, 0.29) is 30.4 Å². The molecule has 1 saturated carbocycles. The summed E-state index contributed by atoms with van der Waals surface area (Å²) < 4.78 is 1.63. The molecule has 0 bridgehead atoms. The van der Waals surface area contributed by atoms with Gasteiger partial charge in [-0.3, -0.25) is 19.1 Å². The van der Waals surface area contributed by atoms with Gasteiger partial charge in [-0.2, -0.15) is 10.4 Å². The number of nitrogens with zero attached hydrogens (tertiary/aromatic N) is 4. The van der Waals surface area contributed by atoms with E-state index in [1.165, 1.54) is 4.90 Å². The van der Waals surface area contributed by atoms with Gasteiger partial charge in [0.05, 0.1) is 35.7 Å². The lowest BCUT2D eigenvalue weighted by atomic mass is 10.1. The van der Waals surface area contributed by atoms with Crippen LogP contribution in [0.25, 0.3) is 11.3 Å². The fraction of sp³-hybridized carbons (Fsp3) is 0.381. The largest absolute Gasteiger partial charge is 0.387 e. The van der Waals surface area contributed by atoms with Gasteiger partial charge in [0, 0.05) is 18.0 Å². The van der Waals surface area contributed by atoms with Crippen LogP contribution in [0, 0.1) is 17.2 Å². The Bertz CT molecular complexity index is 1100. The fourth-order valence-electron chi connectivity index (χ4n) is 3.56. The third-order valence-electron chi connectivity index (χ3n) is 5.39. The van der Waals surface area contributed by atoms with Crippen molar-refractivity contribution in [3.63, 3.8) is 0 Å². The smallest absolute Gasteiger partial charge is 0.273 e. The van der Waals surface area contributed by atoms with Crippen LogP contribution in [0.5, 0.6) is 0 Å². The van der Waals surface area contributed by atoms with Crippen LogP contribution in [0.1, 0.15) is 41.9 Å². The molecule has 0 spiro atoms. The van der Waals surface area contributed by atoms with Crippen molar-refractivity contribution in [2.75, 3.05) is 25.1 Å². The maximum atomic E-state index is 12.9. The van der Waals surface area contributed by atoms with Gasteiger partial charge in [0.25, 0.3) is 5.91 Å². The predicted molar refractivity (Wildman–Crippen MR) is 110 cm³/mol. The maximum Gasteiger partial charge on any atom is 0.273 e. The van der Waals surface area contributed by atoms with E-state index >= 15 is 0 Å². The van der Waals surface area contributed by atoms with Crippen LogP contribution in [0.3, 0.4) is 0 Å². The van der Waals surface area contributed by atoms with Crippen LogP contribution >= 0.6 is 0 Å². The van der Waals surface area contributed by atoms with Gasteiger partial charge in [0.15, 0.2) is 0 Å². The topological polar surface area (TPSA) is 140 Å². The molecule has 1 aliphatic heterocycles. The first-order valence-corrected chi connectivity index (χ1v) is 10.0. The summed E-state index contributed by atoms with van der Waals surface area (Å²) in [6, 6.07) is 8.53. The van der Waals surface area contributed by atoms with Gasteiger partial charge in [0.2, 0.25) is 11.8 Å². The highest BCUT2D eigenvalue weighted by atomic mass is 16.3. The van der Waals surface area contributed by atoms with E-state index < -0.39 is 12.5 Å². The number of benzene rings is 1. The highest BCUT2D eigenvalue weighted by molar-refractivity contribution is 5.99.